The lowest BCUT2D eigenvalue weighted by molar-refractivity contribution is -0.126. The number of Topliss-reactive ketones (excluding diaryl/α,β-unsaturated/α-hetero) is 1. The molecule has 1 aromatic rings. The Labute approximate surface area is 75.0 Å². The van der Waals surface area contributed by atoms with E-state index in [2.05, 4.69) is 16.4 Å². The summed E-state index contributed by atoms with van der Waals surface area (Å²) in [7, 11) is 1.74. The van der Waals surface area contributed by atoms with Gasteiger partial charge in [0.25, 0.3) is 0 Å². The van der Waals surface area contributed by atoms with Crippen molar-refractivity contribution in [3.05, 3.63) is 11.9 Å². The van der Waals surface area contributed by atoms with E-state index in [1.165, 1.54) is 4.68 Å². The van der Waals surface area contributed by atoms with Gasteiger partial charge in [0.15, 0.2) is 0 Å². The van der Waals surface area contributed by atoms with E-state index in [4.69, 9.17) is 5.26 Å². The molecule has 1 heterocycles. The molecule has 0 amide bonds. The predicted octanol–water partition coefficient (Wildman–Crippen LogP) is -0.0606. The Balaban J connectivity index is 2.35. The van der Waals surface area contributed by atoms with Crippen LogP contribution in [0.5, 0.6) is 0 Å². The first-order chi connectivity index (χ1) is 6.16. The van der Waals surface area contributed by atoms with Gasteiger partial charge in [0.1, 0.15) is 16.9 Å². The van der Waals surface area contributed by atoms with E-state index in [1.807, 2.05) is 0 Å². The Bertz CT molecular complexity index is 393. The minimum Gasteiger partial charge on any atom is -0.300 e. The van der Waals surface area contributed by atoms with Gasteiger partial charge in [-0.1, -0.05) is 5.21 Å². The number of aryl methyl sites for hydroxylation is 1. The van der Waals surface area contributed by atoms with Crippen LogP contribution in [0.25, 0.3) is 0 Å². The zero-order valence-corrected chi connectivity index (χ0v) is 7.19. The maximum absolute atomic E-state index is 10.8. The fraction of sp³-hybridized carbons (Fsp3) is 0.500. The molecule has 1 fully saturated rings. The van der Waals surface area contributed by atoms with Crippen LogP contribution in [0, 0.1) is 11.3 Å². The van der Waals surface area contributed by atoms with Gasteiger partial charge in [-0.05, 0) is 0 Å². The molecule has 0 N–H and O–H groups in total. The van der Waals surface area contributed by atoms with E-state index in [0.29, 0.717) is 5.69 Å². The quantitative estimate of drug-likeness (QED) is 0.601. The Hall–Kier alpha value is -1.70. The summed E-state index contributed by atoms with van der Waals surface area (Å²) in [5, 5.41) is 16.5. The minimum atomic E-state index is -0.689. The summed E-state index contributed by atoms with van der Waals surface area (Å²) in [6, 6.07) is 2.14. The molecule has 1 aliphatic rings. The number of nitrogens with zero attached hydrogens (tertiary/aromatic N) is 4. The number of rotatable bonds is 1. The Morgan fingerprint density at radius 2 is 2.38 bits per heavy atom. The first kappa shape index (κ1) is 7.92. The maximum Gasteiger partial charge on any atom is 0.136 e. The summed E-state index contributed by atoms with van der Waals surface area (Å²) in [4.78, 5) is 10.8. The zero-order valence-electron chi connectivity index (χ0n) is 7.19. The van der Waals surface area contributed by atoms with Crippen molar-refractivity contribution in [2.75, 3.05) is 0 Å². The van der Waals surface area contributed by atoms with Gasteiger partial charge < -0.3 is 0 Å². The molecule has 0 aromatic carbocycles. The molecule has 0 aliphatic heterocycles. The highest BCUT2D eigenvalue weighted by Gasteiger charge is 2.47. The maximum atomic E-state index is 10.8. The van der Waals surface area contributed by atoms with E-state index < -0.39 is 5.41 Å². The molecule has 0 bridgehead atoms. The summed E-state index contributed by atoms with van der Waals surface area (Å²) in [6.45, 7) is 0. The SMILES string of the molecule is Cn1cc(C2(C#N)CC(=O)C2)nn1. The number of hydrogen-bond acceptors (Lipinski definition) is 4. The van der Waals surface area contributed by atoms with Crippen LogP contribution in [0.4, 0.5) is 0 Å². The lowest BCUT2D eigenvalue weighted by Gasteiger charge is -2.31. The Morgan fingerprint density at radius 3 is 2.77 bits per heavy atom. The van der Waals surface area contributed by atoms with Crippen LogP contribution >= 0.6 is 0 Å². The smallest absolute Gasteiger partial charge is 0.136 e. The monoisotopic (exact) mass is 176 g/mol. The summed E-state index contributed by atoms with van der Waals surface area (Å²) in [5.41, 5.74) is -0.0807. The molecule has 0 atom stereocenters. The Morgan fingerprint density at radius 1 is 1.69 bits per heavy atom. The molecule has 0 saturated heterocycles. The van der Waals surface area contributed by atoms with Crippen molar-refractivity contribution in [2.45, 2.75) is 18.3 Å². The van der Waals surface area contributed by atoms with Gasteiger partial charge >= 0.3 is 0 Å². The number of aromatic nitrogens is 3. The van der Waals surface area contributed by atoms with Crippen LogP contribution in [0.3, 0.4) is 0 Å². The number of hydrogen-bond donors (Lipinski definition) is 0. The predicted molar refractivity (Wildman–Crippen MR) is 42.5 cm³/mol. The average molecular weight is 176 g/mol. The molecule has 0 radical (unpaired) electrons. The molecule has 1 aliphatic carbocycles. The number of carbonyl (C=O) groups excluding carboxylic acids is 1. The van der Waals surface area contributed by atoms with Gasteiger partial charge in [0.05, 0.1) is 6.07 Å². The molecule has 5 heteroatoms. The average Bonchev–Trinajstić information content (AvgIpc) is 2.46. The largest absolute Gasteiger partial charge is 0.300 e. The van der Waals surface area contributed by atoms with E-state index in [0.717, 1.165) is 0 Å². The highest BCUT2D eigenvalue weighted by molar-refractivity contribution is 5.89. The fourth-order valence-electron chi connectivity index (χ4n) is 1.51. The van der Waals surface area contributed by atoms with Crippen LogP contribution in [-0.4, -0.2) is 20.8 Å². The van der Waals surface area contributed by atoms with Crippen molar-refractivity contribution in [1.82, 2.24) is 15.0 Å². The molecule has 1 aromatic heterocycles. The van der Waals surface area contributed by atoms with Crippen molar-refractivity contribution in [3.8, 4) is 6.07 Å². The lowest BCUT2D eigenvalue weighted by Crippen LogP contribution is -2.40. The van der Waals surface area contributed by atoms with Crippen LogP contribution in [0.2, 0.25) is 0 Å². The minimum absolute atomic E-state index is 0.118. The van der Waals surface area contributed by atoms with E-state index in [9.17, 15) is 4.79 Å². The fourth-order valence-corrected chi connectivity index (χ4v) is 1.51. The van der Waals surface area contributed by atoms with Crippen molar-refractivity contribution >= 4 is 5.78 Å². The molecular weight excluding hydrogens is 168 g/mol. The van der Waals surface area contributed by atoms with Gasteiger partial charge in [-0.25, -0.2) is 0 Å². The third-order valence-electron chi connectivity index (χ3n) is 2.30. The van der Waals surface area contributed by atoms with Crippen LogP contribution < -0.4 is 0 Å². The van der Waals surface area contributed by atoms with Crippen molar-refractivity contribution in [3.63, 3.8) is 0 Å². The highest BCUT2D eigenvalue weighted by atomic mass is 16.1. The second kappa shape index (κ2) is 2.39. The standard InChI is InChI=1S/C8H8N4O/c1-12-4-7(10-11-12)8(5-9)2-6(13)3-8/h4H,2-3H2,1H3. The summed E-state index contributed by atoms with van der Waals surface area (Å²) in [6.07, 6.45) is 2.25. The zero-order chi connectivity index (χ0) is 9.47. The van der Waals surface area contributed by atoms with Crippen molar-refractivity contribution < 1.29 is 4.79 Å². The van der Waals surface area contributed by atoms with Gasteiger partial charge in [0, 0.05) is 26.1 Å². The van der Waals surface area contributed by atoms with Gasteiger partial charge in [-0.2, -0.15) is 5.26 Å². The summed E-state index contributed by atoms with van der Waals surface area (Å²) < 4.78 is 1.54. The molecule has 13 heavy (non-hydrogen) atoms. The third kappa shape index (κ3) is 1.03. The normalized spacial score (nSPS) is 19.2. The van der Waals surface area contributed by atoms with Crippen molar-refractivity contribution in [2.24, 2.45) is 7.05 Å². The van der Waals surface area contributed by atoms with Crippen LogP contribution in [0.1, 0.15) is 18.5 Å². The molecule has 2 rings (SSSR count). The van der Waals surface area contributed by atoms with Crippen LogP contribution in [-0.2, 0) is 17.3 Å². The van der Waals surface area contributed by atoms with E-state index in [-0.39, 0.29) is 18.6 Å². The topological polar surface area (TPSA) is 71.6 Å². The summed E-state index contributed by atoms with van der Waals surface area (Å²) >= 11 is 0. The van der Waals surface area contributed by atoms with E-state index >= 15 is 0 Å². The Kier molecular flexibility index (Phi) is 1.46. The van der Waals surface area contributed by atoms with E-state index in [1.54, 1.807) is 13.2 Å². The second-order valence-corrected chi connectivity index (χ2v) is 3.36. The van der Waals surface area contributed by atoms with Gasteiger partial charge in [-0.15, -0.1) is 5.10 Å². The number of nitriles is 1. The molecule has 66 valence electrons. The van der Waals surface area contributed by atoms with Crippen LogP contribution in [0.15, 0.2) is 6.20 Å². The summed E-state index contributed by atoms with van der Waals surface area (Å²) in [5.74, 6) is 0.118. The molecule has 0 spiro atoms. The number of carbonyl (C=O) groups is 1. The second-order valence-electron chi connectivity index (χ2n) is 3.36. The third-order valence-corrected chi connectivity index (χ3v) is 2.30. The lowest BCUT2D eigenvalue weighted by atomic mass is 9.67. The first-order valence-electron chi connectivity index (χ1n) is 3.96. The molecule has 1 saturated carbocycles. The first-order valence-corrected chi connectivity index (χ1v) is 3.96. The molecule has 0 unspecified atom stereocenters. The van der Waals surface area contributed by atoms with Gasteiger partial charge in [-0.3, -0.25) is 9.48 Å². The molecular formula is C8H8N4O. The molecule has 5 nitrogen and oxygen atoms in total. The van der Waals surface area contributed by atoms with Crippen molar-refractivity contribution in [1.29, 1.82) is 5.26 Å². The number of ketones is 1. The highest BCUT2D eigenvalue weighted by Crippen LogP contribution is 2.39. The van der Waals surface area contributed by atoms with Gasteiger partial charge in [0.2, 0.25) is 0 Å².